The van der Waals surface area contributed by atoms with Crippen molar-refractivity contribution in [3.8, 4) is 5.75 Å². The number of benzene rings is 1. The van der Waals surface area contributed by atoms with Gasteiger partial charge in [0.25, 0.3) is 5.91 Å². The molecule has 2 atom stereocenters. The van der Waals surface area contributed by atoms with Gasteiger partial charge in [-0.05, 0) is 30.7 Å². The Morgan fingerprint density at radius 3 is 2.70 bits per heavy atom. The van der Waals surface area contributed by atoms with E-state index in [1.165, 1.54) is 42.9 Å². The van der Waals surface area contributed by atoms with Gasteiger partial charge in [-0.1, -0.05) is 0 Å². The van der Waals surface area contributed by atoms with Crippen LogP contribution in [-0.4, -0.2) is 62.3 Å². The molecule has 1 fully saturated rings. The lowest BCUT2D eigenvalue weighted by atomic mass is 10.1. The molecule has 4 rings (SSSR count). The summed E-state index contributed by atoms with van der Waals surface area (Å²) in [5.74, 6) is -1.84. The molecule has 1 aromatic heterocycles. The van der Waals surface area contributed by atoms with Gasteiger partial charge in [0.1, 0.15) is 10.7 Å². The molecule has 8 nitrogen and oxygen atoms in total. The number of likely N-dealkylation sites (tertiary alicyclic amines) is 1. The third-order valence-corrected chi connectivity index (χ3v) is 7.17. The van der Waals surface area contributed by atoms with Crippen LogP contribution in [0.5, 0.6) is 5.75 Å². The van der Waals surface area contributed by atoms with Crippen LogP contribution in [0.4, 0.5) is 23.2 Å². The lowest BCUT2D eigenvalue weighted by Gasteiger charge is -2.24. The van der Waals surface area contributed by atoms with Crippen LogP contribution >= 0.6 is 0 Å². The Morgan fingerprint density at radius 1 is 1.30 bits per heavy atom. The Labute approximate surface area is 187 Å². The fourth-order valence-electron chi connectivity index (χ4n) is 4.18. The Morgan fingerprint density at radius 2 is 2.03 bits per heavy atom. The van der Waals surface area contributed by atoms with Gasteiger partial charge in [0.15, 0.2) is 11.4 Å². The predicted octanol–water partition coefficient (Wildman–Crippen LogP) is 2.26. The molecule has 0 spiro atoms. The first-order valence-electron chi connectivity index (χ1n) is 10.0. The van der Waals surface area contributed by atoms with E-state index >= 15 is 0 Å². The molecule has 1 saturated heterocycles. The summed E-state index contributed by atoms with van der Waals surface area (Å²) in [4.78, 5) is 13.8. The predicted molar refractivity (Wildman–Crippen MR) is 110 cm³/mol. The molecule has 0 aliphatic carbocycles. The SMILES string of the molecule is Cc1cc(NC(=O)c2c3c(cn2C)S(=O)(=O)N[C@@H]2CN(CC(F)(F)F)C[C@@H]2CO3)ccc1F. The molecule has 0 radical (unpaired) electrons. The number of hydrogen-bond donors (Lipinski definition) is 2. The number of fused-ring (bicyclic) bond motifs is 2. The smallest absolute Gasteiger partial charge is 0.401 e. The highest BCUT2D eigenvalue weighted by Gasteiger charge is 2.43. The number of aryl methyl sites for hydroxylation is 2. The van der Waals surface area contributed by atoms with Crippen LogP contribution in [-0.2, 0) is 17.1 Å². The molecule has 180 valence electrons. The highest BCUT2D eigenvalue weighted by Crippen LogP contribution is 2.35. The van der Waals surface area contributed by atoms with Crippen LogP contribution in [0.1, 0.15) is 16.1 Å². The van der Waals surface area contributed by atoms with E-state index in [1.807, 2.05) is 0 Å². The van der Waals surface area contributed by atoms with Gasteiger partial charge in [0, 0.05) is 44.0 Å². The molecule has 3 heterocycles. The summed E-state index contributed by atoms with van der Waals surface area (Å²) in [5, 5.41) is 2.59. The molecule has 2 aliphatic heterocycles. The molecule has 0 unspecified atom stereocenters. The molecule has 13 heteroatoms. The van der Waals surface area contributed by atoms with Crippen molar-refractivity contribution < 1.29 is 35.5 Å². The van der Waals surface area contributed by atoms with E-state index < -0.39 is 46.4 Å². The largest absolute Gasteiger partial charge is 0.489 e. The molecule has 33 heavy (non-hydrogen) atoms. The zero-order valence-electron chi connectivity index (χ0n) is 17.7. The van der Waals surface area contributed by atoms with Crippen LogP contribution in [0.3, 0.4) is 0 Å². The topological polar surface area (TPSA) is 92.7 Å². The normalized spacial score (nSPS) is 22.6. The minimum Gasteiger partial charge on any atom is -0.489 e. The van der Waals surface area contributed by atoms with Gasteiger partial charge < -0.3 is 14.6 Å². The molecule has 2 aliphatic rings. The molecular formula is C20H22F4N4O4S. The zero-order chi connectivity index (χ0) is 24.1. The average molecular weight is 490 g/mol. The highest BCUT2D eigenvalue weighted by molar-refractivity contribution is 7.89. The van der Waals surface area contributed by atoms with Gasteiger partial charge in [-0.25, -0.2) is 17.5 Å². The fraction of sp³-hybridized carbons (Fsp3) is 0.450. The van der Waals surface area contributed by atoms with E-state index in [0.717, 1.165) is 4.90 Å². The van der Waals surface area contributed by atoms with Crippen molar-refractivity contribution in [3.05, 3.63) is 41.5 Å². The summed E-state index contributed by atoms with van der Waals surface area (Å²) >= 11 is 0. The van der Waals surface area contributed by atoms with E-state index in [-0.39, 0.29) is 36.0 Å². The number of nitrogens with one attached hydrogen (secondary N) is 2. The second-order valence-electron chi connectivity index (χ2n) is 8.31. The number of nitrogens with zero attached hydrogens (tertiary/aromatic N) is 2. The van der Waals surface area contributed by atoms with Crippen molar-refractivity contribution >= 4 is 21.6 Å². The number of rotatable bonds is 3. The maximum absolute atomic E-state index is 13.5. The van der Waals surface area contributed by atoms with Gasteiger partial charge >= 0.3 is 6.18 Å². The summed E-state index contributed by atoms with van der Waals surface area (Å²) in [6.07, 6.45) is -3.20. The van der Waals surface area contributed by atoms with E-state index in [1.54, 1.807) is 0 Å². The number of ether oxygens (including phenoxy) is 1. The molecule has 2 N–H and O–H groups in total. The molecule has 0 bridgehead atoms. The number of carbonyl (C=O) groups excluding carboxylic acids is 1. The standard InChI is InChI=1S/C20H22F4N4O4S/c1-11-5-13(3-4-14(11)21)25-19(29)17-18-16(8-27(17)2)33(30,31)26-15-7-28(10-20(22,23)24)6-12(15)9-32-18/h3-5,8,12,15,26H,6-7,9-10H2,1-2H3,(H,25,29)/t12-,15-/m1/s1. The van der Waals surface area contributed by atoms with Crippen molar-refractivity contribution in [1.29, 1.82) is 0 Å². The van der Waals surface area contributed by atoms with Gasteiger partial charge in [-0.3, -0.25) is 9.69 Å². The van der Waals surface area contributed by atoms with Crippen molar-refractivity contribution in [2.75, 3.05) is 31.6 Å². The number of halogens is 4. The van der Waals surface area contributed by atoms with Crippen LogP contribution in [0, 0.1) is 18.7 Å². The van der Waals surface area contributed by atoms with E-state index in [9.17, 15) is 30.8 Å². The molecule has 1 amide bonds. The van der Waals surface area contributed by atoms with Gasteiger partial charge in [-0.2, -0.15) is 13.2 Å². The van der Waals surface area contributed by atoms with Crippen molar-refractivity contribution in [1.82, 2.24) is 14.2 Å². The van der Waals surface area contributed by atoms with Crippen molar-refractivity contribution in [3.63, 3.8) is 0 Å². The fourth-order valence-corrected chi connectivity index (χ4v) is 5.67. The summed E-state index contributed by atoms with van der Waals surface area (Å²) in [6.45, 7) is 0.191. The molecule has 0 saturated carbocycles. The third kappa shape index (κ3) is 4.84. The lowest BCUT2D eigenvalue weighted by molar-refractivity contribution is -0.143. The third-order valence-electron chi connectivity index (χ3n) is 5.69. The van der Waals surface area contributed by atoms with Crippen molar-refractivity contribution in [2.45, 2.75) is 24.0 Å². The summed E-state index contributed by atoms with van der Waals surface area (Å²) in [6, 6.07) is 3.23. The molecule has 2 aromatic rings. The second kappa shape index (κ2) is 8.29. The Balaban J connectivity index is 1.61. The van der Waals surface area contributed by atoms with Gasteiger partial charge in [-0.15, -0.1) is 0 Å². The first-order chi connectivity index (χ1) is 15.3. The second-order valence-corrected chi connectivity index (χ2v) is 9.99. The lowest BCUT2D eigenvalue weighted by Crippen LogP contribution is -2.43. The number of hydrogen-bond acceptors (Lipinski definition) is 5. The monoisotopic (exact) mass is 490 g/mol. The van der Waals surface area contributed by atoms with Crippen LogP contribution in [0.15, 0.2) is 29.3 Å². The highest BCUT2D eigenvalue weighted by atomic mass is 32.2. The number of alkyl halides is 3. The van der Waals surface area contributed by atoms with E-state index in [4.69, 9.17) is 4.74 Å². The van der Waals surface area contributed by atoms with Gasteiger partial charge in [0.2, 0.25) is 10.0 Å². The van der Waals surface area contributed by atoms with E-state index in [2.05, 4.69) is 10.0 Å². The number of sulfonamides is 1. The zero-order valence-corrected chi connectivity index (χ0v) is 18.6. The molecule has 1 aromatic carbocycles. The minimum atomic E-state index is -4.41. The Kier molecular flexibility index (Phi) is 5.91. The van der Waals surface area contributed by atoms with Crippen LogP contribution in [0.2, 0.25) is 0 Å². The number of aromatic nitrogens is 1. The summed E-state index contributed by atoms with van der Waals surface area (Å²) in [7, 11) is -2.70. The van der Waals surface area contributed by atoms with Crippen molar-refractivity contribution in [2.24, 2.45) is 13.0 Å². The average Bonchev–Trinajstić information content (AvgIpc) is 3.20. The summed E-state index contributed by atoms with van der Waals surface area (Å²) in [5.41, 5.74) is 0.536. The maximum atomic E-state index is 13.5. The number of anilines is 1. The number of carbonyl (C=O) groups is 1. The number of amides is 1. The van der Waals surface area contributed by atoms with E-state index in [0.29, 0.717) is 11.3 Å². The quantitative estimate of drug-likeness (QED) is 0.644. The van der Waals surface area contributed by atoms with Crippen LogP contribution < -0.4 is 14.8 Å². The van der Waals surface area contributed by atoms with Crippen LogP contribution in [0.25, 0.3) is 0 Å². The summed E-state index contributed by atoms with van der Waals surface area (Å²) < 4.78 is 87.4. The minimum absolute atomic E-state index is 0.00868. The first kappa shape index (κ1) is 23.5. The Hall–Kier alpha value is -2.64. The maximum Gasteiger partial charge on any atom is 0.401 e. The Bertz CT molecular complexity index is 1200. The van der Waals surface area contributed by atoms with Gasteiger partial charge in [0.05, 0.1) is 13.2 Å². The first-order valence-corrected chi connectivity index (χ1v) is 11.5. The molecular weight excluding hydrogens is 468 g/mol.